The van der Waals surface area contributed by atoms with Crippen molar-refractivity contribution >= 4 is 23.4 Å². The van der Waals surface area contributed by atoms with Gasteiger partial charge in [-0.15, -0.1) is 10.2 Å². The molecule has 0 radical (unpaired) electrons. The van der Waals surface area contributed by atoms with Crippen molar-refractivity contribution in [1.29, 1.82) is 0 Å². The van der Waals surface area contributed by atoms with Crippen LogP contribution >= 0.6 is 12.2 Å². The fourth-order valence-electron chi connectivity index (χ4n) is 0.386. The summed E-state index contributed by atoms with van der Waals surface area (Å²) in [5.41, 5.74) is 0. The van der Waals surface area contributed by atoms with Crippen molar-refractivity contribution in [2.75, 3.05) is 0 Å². The Bertz CT molecular complexity index is 231. The van der Waals surface area contributed by atoms with Gasteiger partial charge in [-0.2, -0.15) is 0 Å². The number of hydrogen-bond donors (Lipinski definition) is 1. The number of H-pyrrole nitrogens is 1. The molecule has 2 rings (SSSR count). The highest BCUT2D eigenvalue weighted by atomic mass is 32.1. The van der Waals surface area contributed by atoms with E-state index < -0.39 is 0 Å². The number of nitrogens with zero attached hydrogens (tertiary/aromatic N) is 4. The van der Waals surface area contributed by atoms with Crippen LogP contribution < -0.4 is 0 Å². The largest absolute Gasteiger partial charge is 0.351 e. The van der Waals surface area contributed by atoms with Gasteiger partial charge >= 0.3 is 0 Å². The molecule has 0 atom stereocenters. The lowest BCUT2D eigenvalue weighted by atomic mass is 10.8. The van der Waals surface area contributed by atoms with E-state index in [2.05, 4.69) is 37.6 Å². The summed E-state index contributed by atoms with van der Waals surface area (Å²) in [6.45, 7) is 0. The van der Waals surface area contributed by atoms with Crippen LogP contribution in [0.25, 0.3) is 0 Å². The van der Waals surface area contributed by atoms with Gasteiger partial charge < -0.3 is 4.98 Å². The average molecular weight is 167 g/mol. The molecular weight excluding hydrogens is 162 g/mol. The summed E-state index contributed by atoms with van der Waals surface area (Å²) in [6, 6.07) is 0. The van der Waals surface area contributed by atoms with Gasteiger partial charge in [-0.3, -0.25) is 0 Å². The predicted molar refractivity (Wildman–Crippen MR) is 44.5 cm³/mol. The van der Waals surface area contributed by atoms with E-state index in [-0.39, 0.29) is 0 Å². The third-order valence-electron chi connectivity index (χ3n) is 0.769. The first-order valence-electron chi connectivity index (χ1n) is 2.80. The zero-order valence-corrected chi connectivity index (χ0v) is 6.32. The molecule has 0 fully saturated rings. The zero-order chi connectivity index (χ0) is 7.94. The monoisotopic (exact) mass is 167 g/mol. The van der Waals surface area contributed by atoms with Gasteiger partial charge in [0.15, 0.2) is 4.99 Å². The van der Waals surface area contributed by atoms with Gasteiger partial charge in [-0.05, 0) is 5.22 Å². The molecule has 6 heteroatoms. The fourth-order valence-corrected chi connectivity index (χ4v) is 0.470. The summed E-state index contributed by atoms with van der Waals surface area (Å²) in [5.74, 6) is 0. The summed E-state index contributed by atoms with van der Waals surface area (Å²) in [5, 5.41) is 9.94. The Kier molecular flexibility index (Phi) is 3.07. The Morgan fingerprint density at radius 2 is 2.36 bits per heavy atom. The summed E-state index contributed by atoms with van der Waals surface area (Å²) in [7, 11) is 0. The maximum atomic E-state index is 4.51. The molecule has 2 heterocycles. The Hall–Kier alpha value is -1.43. The Morgan fingerprint density at radius 1 is 1.45 bits per heavy atom. The standard InChI is InChI=1S/C3H4N2.C2HN3S/c1-2-5-3-4-1;6-2-1-3-5-4-2/h1-3H,(H,4,5);1H. The van der Waals surface area contributed by atoms with Crippen molar-refractivity contribution in [2.45, 2.75) is 0 Å². The molecule has 1 aromatic heterocycles. The van der Waals surface area contributed by atoms with Crippen LogP contribution in [0.15, 0.2) is 34.2 Å². The van der Waals surface area contributed by atoms with Crippen LogP contribution in [0.4, 0.5) is 0 Å². The Labute approximate surface area is 68.3 Å². The molecule has 56 valence electrons. The lowest BCUT2D eigenvalue weighted by Gasteiger charge is -1.60. The molecule has 1 aromatic rings. The molecule has 0 bridgehead atoms. The van der Waals surface area contributed by atoms with Gasteiger partial charge in [0.25, 0.3) is 0 Å². The molecule has 0 spiro atoms. The first kappa shape index (κ1) is 7.67. The van der Waals surface area contributed by atoms with Crippen LogP contribution in [0.5, 0.6) is 0 Å². The second-order valence-electron chi connectivity index (χ2n) is 1.53. The number of hydrogen-bond acceptors (Lipinski definition) is 4. The van der Waals surface area contributed by atoms with Crippen LogP contribution in [-0.2, 0) is 0 Å². The van der Waals surface area contributed by atoms with Crippen LogP contribution in [0.2, 0.25) is 0 Å². The van der Waals surface area contributed by atoms with E-state index >= 15 is 0 Å². The Balaban J connectivity index is 0.000000112. The van der Waals surface area contributed by atoms with Crippen molar-refractivity contribution in [1.82, 2.24) is 9.97 Å². The predicted octanol–water partition coefficient (Wildman–Crippen LogP) is 1.18. The molecule has 0 aromatic carbocycles. The highest BCUT2D eigenvalue weighted by Crippen LogP contribution is 1.87. The van der Waals surface area contributed by atoms with E-state index in [1.54, 1.807) is 18.7 Å². The van der Waals surface area contributed by atoms with Crippen molar-refractivity contribution < 1.29 is 0 Å². The second kappa shape index (κ2) is 4.40. The third kappa shape index (κ3) is 3.31. The minimum absolute atomic E-state index is 0.454. The van der Waals surface area contributed by atoms with Gasteiger partial charge in [0.05, 0.1) is 12.5 Å². The number of thiocarbonyl (C=S) groups is 1. The van der Waals surface area contributed by atoms with Gasteiger partial charge in [-0.1, -0.05) is 12.2 Å². The highest BCUT2D eigenvalue weighted by Gasteiger charge is 1.88. The topological polar surface area (TPSA) is 65.8 Å². The molecule has 1 N–H and O–H groups in total. The number of imidazole rings is 1. The maximum Gasteiger partial charge on any atom is 0.170 e. The van der Waals surface area contributed by atoms with Gasteiger partial charge in [0, 0.05) is 12.4 Å². The van der Waals surface area contributed by atoms with Crippen LogP contribution in [-0.4, -0.2) is 21.2 Å². The lowest BCUT2D eigenvalue weighted by Crippen LogP contribution is -1.79. The molecular formula is C5H5N5S. The minimum atomic E-state index is 0.454. The lowest BCUT2D eigenvalue weighted by molar-refractivity contribution is 1.13. The number of aromatic nitrogens is 2. The minimum Gasteiger partial charge on any atom is -0.351 e. The summed E-state index contributed by atoms with van der Waals surface area (Å²) in [4.78, 5) is 6.87. The summed E-state index contributed by atoms with van der Waals surface area (Å²) in [6.07, 6.45) is 6.51. The first-order valence-corrected chi connectivity index (χ1v) is 3.21. The number of nitrogens with one attached hydrogen (secondary N) is 1. The van der Waals surface area contributed by atoms with Crippen LogP contribution in [0.1, 0.15) is 0 Å². The number of rotatable bonds is 0. The van der Waals surface area contributed by atoms with E-state index in [1.165, 1.54) is 6.21 Å². The van der Waals surface area contributed by atoms with E-state index in [0.29, 0.717) is 4.99 Å². The van der Waals surface area contributed by atoms with Gasteiger partial charge in [0.1, 0.15) is 0 Å². The normalized spacial score (nSPS) is 12.9. The SMILES string of the molecule is S=C1C=NN=N1.c1c[nH]cn1. The zero-order valence-electron chi connectivity index (χ0n) is 5.51. The molecule has 5 nitrogen and oxygen atoms in total. The number of aromatic amines is 1. The second-order valence-corrected chi connectivity index (χ2v) is 1.95. The fraction of sp³-hybridized carbons (Fsp3) is 0. The molecule has 0 saturated heterocycles. The van der Waals surface area contributed by atoms with Gasteiger partial charge in [-0.25, -0.2) is 4.98 Å². The smallest absolute Gasteiger partial charge is 0.170 e. The quantitative estimate of drug-likeness (QED) is 0.589. The average Bonchev–Trinajstić information content (AvgIpc) is 2.57. The molecule has 0 unspecified atom stereocenters. The van der Waals surface area contributed by atoms with Crippen LogP contribution in [0, 0.1) is 0 Å². The van der Waals surface area contributed by atoms with Crippen molar-refractivity contribution in [3.8, 4) is 0 Å². The summed E-state index contributed by atoms with van der Waals surface area (Å²) < 4.78 is 0. The molecule has 1 aliphatic heterocycles. The van der Waals surface area contributed by atoms with E-state index in [9.17, 15) is 0 Å². The van der Waals surface area contributed by atoms with E-state index in [1.807, 2.05) is 0 Å². The molecule has 11 heavy (non-hydrogen) atoms. The molecule has 0 saturated carbocycles. The maximum absolute atomic E-state index is 4.51. The summed E-state index contributed by atoms with van der Waals surface area (Å²) >= 11 is 4.51. The van der Waals surface area contributed by atoms with Crippen molar-refractivity contribution in [3.05, 3.63) is 18.7 Å². The first-order chi connectivity index (χ1) is 5.39. The van der Waals surface area contributed by atoms with E-state index in [0.717, 1.165) is 0 Å². The molecule has 0 aliphatic carbocycles. The van der Waals surface area contributed by atoms with Crippen molar-refractivity contribution in [2.24, 2.45) is 15.4 Å². The van der Waals surface area contributed by atoms with Gasteiger partial charge in [0.2, 0.25) is 0 Å². The van der Waals surface area contributed by atoms with E-state index in [4.69, 9.17) is 0 Å². The molecule has 0 amide bonds. The third-order valence-corrected chi connectivity index (χ3v) is 0.956. The van der Waals surface area contributed by atoms with Crippen LogP contribution in [0.3, 0.4) is 0 Å². The highest BCUT2D eigenvalue weighted by molar-refractivity contribution is 7.81. The molecule has 1 aliphatic rings. The van der Waals surface area contributed by atoms with Crippen molar-refractivity contribution in [3.63, 3.8) is 0 Å². The Morgan fingerprint density at radius 3 is 2.55 bits per heavy atom.